The number of fused-ring (bicyclic) bond motifs is 2. The molecule has 20 heavy (non-hydrogen) atoms. The third-order valence-corrected chi connectivity index (χ3v) is 4.65. The van der Waals surface area contributed by atoms with E-state index in [1.165, 1.54) is 6.07 Å². The summed E-state index contributed by atoms with van der Waals surface area (Å²) in [6.07, 6.45) is -3.22. The van der Waals surface area contributed by atoms with Crippen LogP contribution >= 0.6 is 11.6 Å². The van der Waals surface area contributed by atoms with Gasteiger partial charge in [-0.1, -0.05) is 17.7 Å². The second-order valence-corrected chi connectivity index (χ2v) is 5.85. The van der Waals surface area contributed by atoms with E-state index in [9.17, 15) is 18.3 Å². The van der Waals surface area contributed by atoms with Crippen LogP contribution in [0.3, 0.4) is 0 Å². The number of rotatable bonds is 1. The number of hydrogen-bond acceptors (Lipinski definition) is 3. The van der Waals surface area contributed by atoms with Gasteiger partial charge in [-0.2, -0.15) is 13.2 Å². The summed E-state index contributed by atoms with van der Waals surface area (Å²) in [5.41, 5.74) is -1.88. The maximum Gasteiger partial charge on any atom is 0.433 e. The molecule has 2 aliphatic heterocycles. The van der Waals surface area contributed by atoms with Crippen LogP contribution in [0.5, 0.6) is 0 Å². The molecule has 1 aromatic rings. The number of pyridine rings is 1. The highest BCUT2D eigenvalue weighted by atomic mass is 35.5. The lowest BCUT2D eigenvalue weighted by Crippen LogP contribution is -2.44. The molecule has 1 N–H and O–H groups in total. The molecule has 0 spiro atoms. The minimum atomic E-state index is -4.53. The van der Waals surface area contributed by atoms with E-state index in [4.69, 9.17) is 11.6 Å². The van der Waals surface area contributed by atoms with Gasteiger partial charge in [-0.05, 0) is 25.5 Å². The maximum absolute atomic E-state index is 12.6. The summed E-state index contributed by atoms with van der Waals surface area (Å²) in [7, 11) is 0. The van der Waals surface area contributed by atoms with Gasteiger partial charge < -0.3 is 10.0 Å². The van der Waals surface area contributed by atoms with Gasteiger partial charge in [0, 0.05) is 24.6 Å². The Morgan fingerprint density at radius 1 is 1.35 bits per heavy atom. The van der Waals surface area contributed by atoms with Crippen LogP contribution in [-0.4, -0.2) is 34.6 Å². The fraction of sp³-hybridized carbons (Fsp3) is 0.615. The van der Waals surface area contributed by atoms with Crippen LogP contribution in [0.2, 0.25) is 5.15 Å². The Kier molecular flexibility index (Phi) is 3.23. The van der Waals surface area contributed by atoms with Crippen LogP contribution in [0.25, 0.3) is 0 Å². The molecule has 0 radical (unpaired) electrons. The van der Waals surface area contributed by atoms with Gasteiger partial charge in [-0.25, -0.2) is 4.98 Å². The summed E-state index contributed by atoms with van der Waals surface area (Å²) in [5, 5.41) is 10.6. The predicted octanol–water partition coefficient (Wildman–Crippen LogP) is 2.67. The van der Waals surface area contributed by atoms with Gasteiger partial charge in [0.25, 0.3) is 0 Å². The molecule has 2 bridgehead atoms. The van der Waals surface area contributed by atoms with Crippen molar-refractivity contribution < 1.29 is 18.3 Å². The van der Waals surface area contributed by atoms with Crippen molar-refractivity contribution in [3.05, 3.63) is 28.5 Å². The van der Waals surface area contributed by atoms with Crippen LogP contribution in [0.4, 0.5) is 13.2 Å². The molecule has 3 atom stereocenters. The third-order valence-electron chi connectivity index (χ3n) is 4.36. The molecule has 3 rings (SSSR count). The quantitative estimate of drug-likeness (QED) is 0.810. The summed E-state index contributed by atoms with van der Waals surface area (Å²) in [6.45, 7) is 2.40. The Bertz CT molecular complexity index is 537. The van der Waals surface area contributed by atoms with Crippen molar-refractivity contribution in [1.82, 2.24) is 9.88 Å². The largest absolute Gasteiger partial charge is 0.433 e. The molecule has 0 amide bonds. The number of aromatic nitrogens is 1. The summed E-state index contributed by atoms with van der Waals surface area (Å²) in [5.74, 6) is 0.00675. The first kappa shape index (κ1) is 14.1. The first-order valence-electron chi connectivity index (χ1n) is 6.49. The highest BCUT2D eigenvalue weighted by molar-refractivity contribution is 6.30. The van der Waals surface area contributed by atoms with Crippen molar-refractivity contribution in [2.45, 2.75) is 24.6 Å². The minimum absolute atomic E-state index is 0.00675. The van der Waals surface area contributed by atoms with E-state index < -0.39 is 17.5 Å². The van der Waals surface area contributed by atoms with E-state index in [2.05, 4.69) is 9.88 Å². The van der Waals surface area contributed by atoms with Crippen LogP contribution in [0.1, 0.15) is 24.1 Å². The number of piperidine rings is 1. The lowest BCUT2D eigenvalue weighted by atomic mass is 9.77. The first-order valence-corrected chi connectivity index (χ1v) is 6.87. The van der Waals surface area contributed by atoms with Crippen molar-refractivity contribution in [3.63, 3.8) is 0 Å². The summed E-state index contributed by atoms with van der Waals surface area (Å²) >= 11 is 5.91. The number of aliphatic hydroxyl groups is 1. The number of nitrogens with zero attached hydrogens (tertiary/aromatic N) is 2. The van der Waals surface area contributed by atoms with Crippen LogP contribution in [0.15, 0.2) is 12.1 Å². The monoisotopic (exact) mass is 306 g/mol. The van der Waals surface area contributed by atoms with E-state index in [0.717, 1.165) is 32.1 Å². The average molecular weight is 307 g/mol. The van der Waals surface area contributed by atoms with Crippen molar-refractivity contribution in [1.29, 1.82) is 0 Å². The summed E-state index contributed by atoms with van der Waals surface area (Å²) in [4.78, 5) is 5.65. The number of halogens is 4. The summed E-state index contributed by atoms with van der Waals surface area (Å²) in [6, 6.07) is 2.16. The van der Waals surface area contributed by atoms with Gasteiger partial charge in [0.05, 0.1) is 5.60 Å². The molecule has 110 valence electrons. The Morgan fingerprint density at radius 3 is 2.75 bits per heavy atom. The maximum atomic E-state index is 12.6. The second kappa shape index (κ2) is 4.58. The van der Waals surface area contributed by atoms with E-state index >= 15 is 0 Å². The molecular formula is C13H14ClF3N2O. The van der Waals surface area contributed by atoms with Gasteiger partial charge in [0.2, 0.25) is 0 Å². The van der Waals surface area contributed by atoms with Gasteiger partial charge in [-0.15, -0.1) is 0 Å². The zero-order valence-electron chi connectivity index (χ0n) is 10.6. The van der Waals surface area contributed by atoms with Gasteiger partial charge in [0.15, 0.2) is 0 Å². The molecule has 2 fully saturated rings. The zero-order chi connectivity index (χ0) is 14.5. The molecule has 0 aromatic carbocycles. The molecule has 2 aliphatic rings. The van der Waals surface area contributed by atoms with E-state index in [1.807, 2.05) is 0 Å². The van der Waals surface area contributed by atoms with Crippen LogP contribution < -0.4 is 0 Å². The fourth-order valence-electron chi connectivity index (χ4n) is 3.23. The highest BCUT2D eigenvalue weighted by Crippen LogP contribution is 2.45. The second-order valence-electron chi connectivity index (χ2n) is 5.49. The van der Waals surface area contributed by atoms with E-state index in [1.54, 1.807) is 0 Å². The van der Waals surface area contributed by atoms with Crippen molar-refractivity contribution in [2.24, 2.45) is 5.92 Å². The molecule has 3 unspecified atom stereocenters. The molecule has 3 nitrogen and oxygen atoms in total. The highest BCUT2D eigenvalue weighted by Gasteiger charge is 2.47. The van der Waals surface area contributed by atoms with Crippen molar-refractivity contribution >= 4 is 11.6 Å². The zero-order valence-corrected chi connectivity index (χ0v) is 11.4. The Morgan fingerprint density at radius 2 is 2.10 bits per heavy atom. The number of alkyl halides is 3. The fourth-order valence-corrected chi connectivity index (χ4v) is 3.55. The minimum Gasteiger partial charge on any atom is -0.385 e. The van der Waals surface area contributed by atoms with Crippen LogP contribution in [-0.2, 0) is 11.8 Å². The van der Waals surface area contributed by atoms with Crippen molar-refractivity contribution in [2.75, 3.05) is 19.6 Å². The van der Waals surface area contributed by atoms with Crippen LogP contribution in [0, 0.1) is 5.92 Å². The number of hydrogen-bond donors (Lipinski definition) is 1. The SMILES string of the molecule is OC1(c2ccc(C(F)(F)F)nc2Cl)CCN2CCC1C2. The molecule has 1 aromatic heterocycles. The van der Waals surface area contributed by atoms with Gasteiger partial charge in [0.1, 0.15) is 10.8 Å². The van der Waals surface area contributed by atoms with E-state index in [-0.39, 0.29) is 11.1 Å². The van der Waals surface area contributed by atoms with E-state index in [0.29, 0.717) is 12.0 Å². The smallest absolute Gasteiger partial charge is 0.385 e. The standard InChI is InChI=1S/C13H14ClF3N2O/c14-11-9(1-2-10(18-11)13(15,16)17)12(20)4-6-19-5-3-8(12)7-19/h1-2,8,20H,3-7H2. The third kappa shape index (κ3) is 2.19. The summed E-state index contributed by atoms with van der Waals surface area (Å²) < 4.78 is 37.8. The lowest BCUT2D eigenvalue weighted by molar-refractivity contribution is -0.141. The topological polar surface area (TPSA) is 36.4 Å². The molecular weight excluding hydrogens is 293 g/mol. The Hall–Kier alpha value is -0.850. The Balaban J connectivity index is 1.98. The van der Waals surface area contributed by atoms with Gasteiger partial charge in [-0.3, -0.25) is 0 Å². The average Bonchev–Trinajstić information content (AvgIpc) is 2.78. The normalized spacial score (nSPS) is 33.5. The molecule has 0 saturated carbocycles. The van der Waals surface area contributed by atoms with Crippen molar-refractivity contribution in [3.8, 4) is 0 Å². The molecule has 2 saturated heterocycles. The first-order chi connectivity index (χ1) is 9.30. The molecule has 3 heterocycles. The molecule has 0 aliphatic carbocycles. The lowest BCUT2D eigenvalue weighted by Gasteiger charge is -2.39. The predicted molar refractivity (Wildman–Crippen MR) is 67.3 cm³/mol. The van der Waals surface area contributed by atoms with Gasteiger partial charge >= 0.3 is 6.18 Å². The Labute approximate surface area is 119 Å². The molecule has 7 heteroatoms.